The van der Waals surface area contributed by atoms with Gasteiger partial charge in [-0.15, -0.1) is 29.7 Å². The predicted molar refractivity (Wildman–Crippen MR) is 337 cm³/mol. The minimum absolute atomic E-state index is 0. The zero-order chi connectivity index (χ0) is 78.8. The number of nitrogens with zero attached hydrogens (tertiary/aromatic N) is 4. The number of aromatic nitrogens is 4. The standard InChI is InChI=1S/C75H62N4OSi.Pt/c1-52-45-72(76-50-65(52)53-25-12-8-13-26-53)79-68-40-21-20-37-63(68)64-43-42-58(49-70(64)79)80-57-29-23-28-56(48-57)77-51-78(73-66(74(2,3)4)38-24-39-67(73)75(5,6)7)69-44-41-55(47-71(69)77)54-27-22-36-62(46-54)81(59-30-14-9-15-31-59,60-32-16-10-17-33-60)61-34-18-11-19-35-61;/h8-47,50H,1-7H3;/q-2;/i1D3,8D,9D,10D,11D,12D,13D,14D,15D,16D,17D,18D,19D,22D,25D,26D,27D,30D,31D,32D,33D,34D,35D,36D,46D;. The van der Waals surface area contributed by atoms with Gasteiger partial charge in [-0.05, 0) is 101 Å². The average molecular weight is 1290 g/mol. The Morgan fingerprint density at radius 3 is 1.79 bits per heavy atom. The molecular weight excluding hydrogens is 1200 g/mol. The molecule has 13 aromatic rings. The number of ether oxygens (including phenoxy) is 1. The van der Waals surface area contributed by atoms with Gasteiger partial charge in [0.05, 0.1) is 49.6 Å². The summed E-state index contributed by atoms with van der Waals surface area (Å²) in [4.78, 5) is 4.69. The smallest absolute Gasteiger partial charge is 0.268 e. The maximum Gasteiger partial charge on any atom is 0.268 e. The van der Waals surface area contributed by atoms with Crippen molar-refractivity contribution in [3.63, 3.8) is 0 Å². The molecule has 10 aromatic carbocycles. The molecule has 0 fully saturated rings. The number of rotatable bonds is 11. The molecule has 82 heavy (non-hydrogen) atoms. The third-order valence-electron chi connectivity index (χ3n) is 14.1. The van der Waals surface area contributed by atoms with Crippen LogP contribution in [0, 0.1) is 25.3 Å². The molecule has 0 atom stereocenters. The van der Waals surface area contributed by atoms with Gasteiger partial charge in [-0.2, -0.15) is 18.2 Å². The van der Waals surface area contributed by atoms with E-state index in [9.17, 15) is 13.7 Å². The second-order valence-corrected chi connectivity index (χ2v) is 24.7. The van der Waals surface area contributed by atoms with Gasteiger partial charge >= 0.3 is 0 Å². The third kappa shape index (κ3) is 9.64. The second-order valence-electron chi connectivity index (χ2n) is 21.2. The molecule has 0 bridgehead atoms. The monoisotopic (exact) mass is 1280 g/mol. The Bertz CT molecular complexity index is 5760. The van der Waals surface area contributed by atoms with Crippen molar-refractivity contribution in [1.82, 2.24) is 14.1 Å². The van der Waals surface area contributed by atoms with Gasteiger partial charge in [0, 0.05) is 54.0 Å². The van der Waals surface area contributed by atoms with Crippen LogP contribution in [0.2, 0.25) is 0 Å². The van der Waals surface area contributed by atoms with E-state index in [1.807, 2.05) is 76.4 Å². The van der Waals surface area contributed by atoms with Crippen molar-refractivity contribution in [2.24, 2.45) is 0 Å². The average Bonchev–Trinajstić information content (AvgIpc) is 1.43. The van der Waals surface area contributed by atoms with E-state index in [2.05, 4.69) is 23.4 Å². The topological polar surface area (TPSA) is 35.9 Å². The first kappa shape index (κ1) is 30.9. The summed E-state index contributed by atoms with van der Waals surface area (Å²) in [6.45, 7) is 9.40. The Morgan fingerprint density at radius 2 is 1.15 bits per heavy atom. The molecule has 0 aliphatic carbocycles. The van der Waals surface area contributed by atoms with Crippen LogP contribution in [-0.4, -0.2) is 22.2 Å². The van der Waals surface area contributed by atoms with Crippen LogP contribution in [0.5, 0.6) is 11.5 Å². The van der Waals surface area contributed by atoms with E-state index in [1.54, 1.807) is 57.7 Å². The van der Waals surface area contributed by atoms with Crippen LogP contribution in [0.1, 0.15) is 95.2 Å². The largest absolute Gasteiger partial charge is 0.510 e. The van der Waals surface area contributed by atoms with Gasteiger partial charge in [-0.1, -0.05) is 241 Å². The Morgan fingerprint density at radius 1 is 0.549 bits per heavy atom. The number of aryl methyl sites for hydroxylation is 1. The number of imidazole rings is 1. The fourth-order valence-corrected chi connectivity index (χ4v) is 14.0. The van der Waals surface area contributed by atoms with E-state index >= 15 is 0 Å². The summed E-state index contributed by atoms with van der Waals surface area (Å²) in [5.41, 5.74) is 1.83. The van der Waals surface area contributed by atoms with Crippen molar-refractivity contribution >= 4 is 61.7 Å². The van der Waals surface area contributed by atoms with E-state index in [4.69, 9.17) is 28.0 Å². The number of benzene rings is 10. The van der Waals surface area contributed by atoms with Crippen molar-refractivity contribution in [1.29, 1.82) is 0 Å². The number of hydrogen-bond acceptors (Lipinski definition) is 2. The zero-order valence-electron chi connectivity index (χ0n) is 71.8. The fourth-order valence-electron chi connectivity index (χ4n) is 10.4. The normalized spacial score (nSPS) is 16.8. The molecule has 0 radical (unpaired) electrons. The van der Waals surface area contributed by atoms with Crippen molar-refractivity contribution in [3.8, 4) is 50.9 Å². The van der Waals surface area contributed by atoms with Gasteiger partial charge in [0.2, 0.25) is 0 Å². The molecule has 0 saturated heterocycles. The van der Waals surface area contributed by atoms with Crippen LogP contribution in [0.15, 0.2) is 248 Å². The number of para-hydroxylation sites is 2. The predicted octanol–water partition coefficient (Wildman–Crippen LogP) is 15.2. The van der Waals surface area contributed by atoms with Gasteiger partial charge in [-0.3, -0.25) is 4.57 Å². The molecule has 0 amide bonds. The van der Waals surface area contributed by atoms with Crippen LogP contribution in [-0.2, 0) is 31.9 Å². The van der Waals surface area contributed by atoms with Crippen molar-refractivity contribution < 1.29 is 67.4 Å². The summed E-state index contributed by atoms with van der Waals surface area (Å²) in [7, 11) is -6.21. The molecule has 0 N–H and O–H groups in total. The van der Waals surface area contributed by atoms with Crippen LogP contribution in [0.3, 0.4) is 0 Å². The minimum atomic E-state index is -6.21. The summed E-state index contributed by atoms with van der Waals surface area (Å²) in [5.74, 6) is 0.307. The maximum atomic E-state index is 10.6. The van der Waals surface area contributed by atoms with E-state index in [0.717, 1.165) is 11.1 Å². The molecule has 3 aromatic heterocycles. The molecule has 0 aliphatic heterocycles. The quantitative estimate of drug-likeness (QED) is 0.0560. The molecular formula is C75H62N4OPtSi-2. The fraction of sp³-hybridized carbons (Fsp3) is 0.120. The van der Waals surface area contributed by atoms with Crippen LogP contribution >= 0.6 is 0 Å². The first-order chi connectivity index (χ1) is 50.5. The summed E-state index contributed by atoms with van der Waals surface area (Å²) in [5, 5.41) is -2.52. The van der Waals surface area contributed by atoms with E-state index in [-0.39, 0.29) is 71.8 Å². The minimum Gasteiger partial charge on any atom is -0.510 e. The number of pyridine rings is 1. The number of fused-ring (bicyclic) bond motifs is 4. The Hall–Kier alpha value is -8.67. The molecule has 13 rings (SSSR count). The van der Waals surface area contributed by atoms with Gasteiger partial charge in [-0.25, -0.2) is 4.98 Å². The van der Waals surface area contributed by atoms with Gasteiger partial charge < -0.3 is 13.9 Å². The molecule has 0 unspecified atom stereocenters. The Kier molecular flexibility index (Phi) is 8.18. The van der Waals surface area contributed by atoms with E-state index < -0.39 is 197 Å². The Labute approximate surface area is 535 Å². The molecule has 0 saturated carbocycles. The van der Waals surface area contributed by atoms with E-state index in [1.165, 1.54) is 24.4 Å². The summed E-state index contributed by atoms with van der Waals surface area (Å²) < 4.78 is 259. The van der Waals surface area contributed by atoms with Crippen molar-refractivity contribution in [3.05, 3.63) is 283 Å². The van der Waals surface area contributed by atoms with Crippen molar-refractivity contribution in [2.75, 3.05) is 0 Å². The molecule has 7 heteroatoms. The van der Waals surface area contributed by atoms with Gasteiger partial charge in [0.25, 0.3) is 6.33 Å². The molecule has 3 heterocycles. The maximum absolute atomic E-state index is 10.6. The van der Waals surface area contributed by atoms with Crippen molar-refractivity contribution in [2.45, 2.75) is 59.2 Å². The van der Waals surface area contributed by atoms with Crippen LogP contribution < -0.4 is 30.1 Å². The summed E-state index contributed by atoms with van der Waals surface area (Å²) in [6.07, 6.45) is 4.74. The molecule has 0 spiro atoms. The first-order valence-electron chi connectivity index (χ1n) is 39.2. The third-order valence-corrected chi connectivity index (χ3v) is 18.1. The molecule has 0 aliphatic rings. The second kappa shape index (κ2) is 21.7. The summed E-state index contributed by atoms with van der Waals surface area (Å²) in [6, 6.07) is 10.8. The molecule has 404 valence electrons. The Balaban J connectivity index is 0.0000111. The van der Waals surface area contributed by atoms with Crippen LogP contribution in [0.25, 0.3) is 72.3 Å². The number of hydrogen-bond donors (Lipinski definition) is 0. The van der Waals surface area contributed by atoms with Gasteiger partial charge in [0.15, 0.2) is 8.07 Å². The zero-order valence-corrected chi connectivity index (χ0v) is 48.1. The van der Waals surface area contributed by atoms with Gasteiger partial charge in [0.1, 0.15) is 5.82 Å². The first-order valence-corrected chi connectivity index (χ1v) is 27.7. The summed E-state index contributed by atoms with van der Waals surface area (Å²) >= 11 is 0. The van der Waals surface area contributed by atoms with E-state index in [0.29, 0.717) is 33.0 Å². The van der Waals surface area contributed by atoms with Crippen LogP contribution in [0.4, 0.5) is 0 Å². The SMILES string of the molecule is [2H]c1c([2H])c([2H])c(-c2cnc(-n3c4[c-]c(Oc5[c-]c(-n6[c-][n+](-c7c(C(C)(C)C)cccc7C(C)(C)C)c7ccc(-c8c([2H])c([2H])c([2H])c([Si](c9c([2H])c([2H])c([2H])c([2H])c9[2H])(c9c([2H])c([2H])c([2H])c([2H])c9[2H])c9c([2H])c([2H])c([2H])c([2H])c9[2H])c8[2H])cc76)ccc5)ccc4c4ccccc43)cc2C([2H])([2H])[2H])c([2H])c1[2H].[Pt]. The molecule has 5 nitrogen and oxygen atoms in total.